The monoisotopic (exact) mass is 288 g/mol. The van der Waals surface area contributed by atoms with Crippen molar-refractivity contribution in [3.63, 3.8) is 0 Å². The predicted molar refractivity (Wildman–Crippen MR) is 85.9 cm³/mol. The van der Waals surface area contributed by atoms with Crippen LogP contribution in [0.3, 0.4) is 0 Å². The van der Waals surface area contributed by atoms with Gasteiger partial charge in [-0.25, -0.2) is 0 Å². The molecule has 4 atom stereocenters. The van der Waals surface area contributed by atoms with E-state index in [4.69, 9.17) is 0 Å². The van der Waals surface area contributed by atoms with Gasteiger partial charge in [0.15, 0.2) is 0 Å². The van der Waals surface area contributed by atoms with E-state index in [1.165, 1.54) is 43.3 Å². The van der Waals surface area contributed by atoms with Gasteiger partial charge in [-0.1, -0.05) is 24.6 Å². The van der Waals surface area contributed by atoms with Crippen molar-refractivity contribution in [2.24, 2.45) is 11.8 Å². The Morgan fingerprint density at radius 3 is 2.67 bits per heavy atom. The lowest BCUT2D eigenvalue weighted by Gasteiger charge is -2.41. The zero-order chi connectivity index (χ0) is 15.2. The van der Waals surface area contributed by atoms with Crippen molar-refractivity contribution in [3.8, 4) is 0 Å². The Morgan fingerprint density at radius 1 is 1.24 bits per heavy atom. The van der Waals surface area contributed by atoms with Crippen LogP contribution in [0.4, 0.5) is 0 Å². The lowest BCUT2D eigenvalue weighted by atomic mass is 9.68. The van der Waals surface area contributed by atoms with E-state index in [9.17, 15) is 10.2 Å². The van der Waals surface area contributed by atoms with Gasteiger partial charge in [-0.15, -0.1) is 0 Å². The summed E-state index contributed by atoms with van der Waals surface area (Å²) in [5.74, 6) is 1.51. The Bertz CT molecular complexity index is 510. The van der Waals surface area contributed by atoms with Crippen molar-refractivity contribution in [2.45, 2.75) is 70.5 Å². The third-order valence-corrected chi connectivity index (χ3v) is 5.98. The van der Waals surface area contributed by atoms with Crippen molar-refractivity contribution in [2.75, 3.05) is 0 Å². The van der Waals surface area contributed by atoms with Crippen LogP contribution in [0.1, 0.15) is 58.8 Å². The number of aliphatic hydroxyl groups is 2. The molecule has 3 rings (SSSR count). The third kappa shape index (κ3) is 2.43. The van der Waals surface area contributed by atoms with Gasteiger partial charge in [-0.3, -0.25) is 0 Å². The summed E-state index contributed by atoms with van der Waals surface area (Å²) in [5.41, 5.74) is 3.27. The molecule has 0 aromatic rings. The standard InChI is InChI=1S/C19H28O2/c1-4-17-18(20)12(2)16(11-19(17,3)21)15-10-6-8-13-7-5-9-14(13)15/h4,13-14,18,20-21H,2,5-11H2,1,3H3. The van der Waals surface area contributed by atoms with Gasteiger partial charge in [0.05, 0.1) is 5.60 Å². The Kier molecular flexibility index (Phi) is 3.87. The summed E-state index contributed by atoms with van der Waals surface area (Å²) in [6.45, 7) is 7.88. The molecule has 0 spiro atoms. The molecule has 2 nitrogen and oxygen atoms in total. The second-order valence-electron chi connectivity index (χ2n) is 7.32. The normalized spacial score (nSPS) is 46.0. The first-order valence-corrected chi connectivity index (χ1v) is 8.44. The fraction of sp³-hybridized carbons (Fsp3) is 0.684. The van der Waals surface area contributed by atoms with Crippen molar-refractivity contribution < 1.29 is 10.2 Å². The van der Waals surface area contributed by atoms with Gasteiger partial charge in [-0.05, 0) is 74.5 Å². The summed E-state index contributed by atoms with van der Waals surface area (Å²) in [7, 11) is 0. The van der Waals surface area contributed by atoms with E-state index < -0.39 is 11.7 Å². The molecule has 116 valence electrons. The Hall–Kier alpha value is -0.860. The fourth-order valence-electron chi connectivity index (χ4n) is 4.95. The van der Waals surface area contributed by atoms with Crippen LogP contribution in [0, 0.1) is 11.8 Å². The fourth-order valence-corrected chi connectivity index (χ4v) is 4.95. The summed E-state index contributed by atoms with van der Waals surface area (Å²) in [5, 5.41) is 21.3. The van der Waals surface area contributed by atoms with Gasteiger partial charge in [0, 0.05) is 6.42 Å². The van der Waals surface area contributed by atoms with Crippen LogP contribution in [0.2, 0.25) is 0 Å². The van der Waals surface area contributed by atoms with E-state index in [0.29, 0.717) is 17.9 Å². The van der Waals surface area contributed by atoms with Crippen molar-refractivity contribution in [3.05, 3.63) is 34.9 Å². The van der Waals surface area contributed by atoms with E-state index >= 15 is 0 Å². The molecule has 0 bridgehead atoms. The second-order valence-corrected chi connectivity index (χ2v) is 7.32. The van der Waals surface area contributed by atoms with Crippen LogP contribution in [-0.4, -0.2) is 21.9 Å². The molecule has 0 radical (unpaired) electrons. The molecule has 0 aliphatic heterocycles. The third-order valence-electron chi connectivity index (χ3n) is 5.98. The highest BCUT2D eigenvalue weighted by Gasteiger charge is 2.42. The van der Waals surface area contributed by atoms with E-state index in [0.717, 1.165) is 17.9 Å². The molecule has 2 N–H and O–H groups in total. The van der Waals surface area contributed by atoms with Gasteiger partial charge >= 0.3 is 0 Å². The second kappa shape index (κ2) is 5.40. The molecule has 3 fully saturated rings. The zero-order valence-corrected chi connectivity index (χ0v) is 13.4. The van der Waals surface area contributed by atoms with Gasteiger partial charge in [-0.2, -0.15) is 0 Å². The number of allylic oxidation sites excluding steroid dienone is 2. The quantitative estimate of drug-likeness (QED) is 0.664. The lowest BCUT2D eigenvalue weighted by molar-refractivity contribution is 0.0609. The molecular weight excluding hydrogens is 260 g/mol. The molecule has 3 aliphatic carbocycles. The summed E-state index contributed by atoms with van der Waals surface area (Å²) in [6, 6.07) is 0. The van der Waals surface area contributed by atoms with Crippen LogP contribution in [0.15, 0.2) is 34.9 Å². The molecule has 21 heavy (non-hydrogen) atoms. The minimum Gasteiger partial charge on any atom is -0.385 e. The summed E-state index contributed by atoms with van der Waals surface area (Å²) in [6.07, 6.45) is 9.44. The van der Waals surface area contributed by atoms with E-state index in [2.05, 4.69) is 6.58 Å². The highest BCUT2D eigenvalue weighted by Crippen LogP contribution is 2.50. The molecule has 0 heterocycles. The Labute approximate surface area is 128 Å². The molecule has 0 saturated heterocycles. The first-order chi connectivity index (χ1) is 9.95. The highest BCUT2D eigenvalue weighted by atomic mass is 16.3. The van der Waals surface area contributed by atoms with E-state index in [-0.39, 0.29) is 0 Å². The molecule has 0 amide bonds. The Balaban J connectivity index is 2.01. The molecule has 3 saturated carbocycles. The van der Waals surface area contributed by atoms with Gasteiger partial charge in [0.25, 0.3) is 0 Å². The van der Waals surface area contributed by atoms with Crippen LogP contribution >= 0.6 is 0 Å². The number of aliphatic hydroxyl groups excluding tert-OH is 1. The minimum absolute atomic E-state index is 0.612. The van der Waals surface area contributed by atoms with Crippen LogP contribution in [0.5, 0.6) is 0 Å². The van der Waals surface area contributed by atoms with Crippen molar-refractivity contribution in [1.29, 1.82) is 0 Å². The topological polar surface area (TPSA) is 40.5 Å². The smallest absolute Gasteiger partial charge is 0.102 e. The number of fused-ring (bicyclic) bond motifs is 1. The summed E-state index contributed by atoms with van der Waals surface area (Å²) >= 11 is 0. The van der Waals surface area contributed by atoms with Gasteiger partial charge in [0.2, 0.25) is 0 Å². The molecule has 4 unspecified atom stereocenters. The highest BCUT2D eigenvalue weighted by molar-refractivity contribution is 5.49. The predicted octanol–water partition coefficient (Wildman–Crippen LogP) is 3.90. The van der Waals surface area contributed by atoms with Crippen LogP contribution in [-0.2, 0) is 0 Å². The number of hydrogen-bond donors (Lipinski definition) is 2. The molecule has 2 heteroatoms. The van der Waals surface area contributed by atoms with Gasteiger partial charge < -0.3 is 10.2 Å². The average molecular weight is 288 g/mol. The maximum Gasteiger partial charge on any atom is 0.102 e. The minimum atomic E-state index is -0.941. The molecule has 0 aromatic heterocycles. The molecule has 3 aliphatic rings. The summed E-state index contributed by atoms with van der Waals surface area (Å²) < 4.78 is 0. The van der Waals surface area contributed by atoms with Crippen LogP contribution in [0.25, 0.3) is 0 Å². The van der Waals surface area contributed by atoms with Crippen molar-refractivity contribution >= 4 is 0 Å². The largest absolute Gasteiger partial charge is 0.385 e. The number of rotatable bonds is 0. The first kappa shape index (κ1) is 15.1. The molecule has 0 aromatic carbocycles. The Morgan fingerprint density at radius 2 is 1.95 bits per heavy atom. The van der Waals surface area contributed by atoms with E-state index in [1.54, 1.807) is 0 Å². The maximum atomic E-state index is 10.8. The summed E-state index contributed by atoms with van der Waals surface area (Å²) in [4.78, 5) is 0. The first-order valence-electron chi connectivity index (χ1n) is 8.44. The van der Waals surface area contributed by atoms with Crippen LogP contribution < -0.4 is 0 Å². The lowest BCUT2D eigenvalue weighted by Crippen LogP contribution is -2.41. The zero-order valence-electron chi connectivity index (χ0n) is 13.4. The van der Waals surface area contributed by atoms with Crippen molar-refractivity contribution in [1.82, 2.24) is 0 Å². The SMILES string of the molecule is C=C1C(=C2CCCC3CCCC23)CC(C)(O)C(=CC)C1O. The average Bonchev–Trinajstić information content (AvgIpc) is 2.91. The maximum absolute atomic E-state index is 10.8. The number of hydrogen-bond acceptors (Lipinski definition) is 2. The van der Waals surface area contributed by atoms with E-state index in [1.807, 2.05) is 19.9 Å². The molecular formula is C19H28O2. The van der Waals surface area contributed by atoms with Gasteiger partial charge in [0.1, 0.15) is 6.10 Å².